The van der Waals surface area contributed by atoms with Gasteiger partial charge >= 0.3 is 0 Å². The maximum absolute atomic E-state index is 13.4. The van der Waals surface area contributed by atoms with Gasteiger partial charge in [-0.05, 0) is 24.7 Å². The molecule has 1 aromatic rings. The van der Waals surface area contributed by atoms with Crippen LogP contribution < -0.4 is 4.74 Å². The largest absolute Gasteiger partial charge is 0.497 e. The topological polar surface area (TPSA) is 62.3 Å². The SMILES string of the molecule is COc1cccc(CN2C[C@]34C=C[C@H](O3)[C@H](C(=O)N3CCN(C)CC3)[C@@H]4C2=O)c1. The van der Waals surface area contributed by atoms with Crippen molar-refractivity contribution in [3.8, 4) is 5.75 Å². The number of hydrogen-bond donors (Lipinski definition) is 0. The van der Waals surface area contributed by atoms with Gasteiger partial charge in [-0.15, -0.1) is 0 Å². The van der Waals surface area contributed by atoms with Crippen LogP contribution in [0.15, 0.2) is 36.4 Å². The van der Waals surface area contributed by atoms with E-state index in [2.05, 4.69) is 11.9 Å². The molecule has 0 N–H and O–H groups in total. The van der Waals surface area contributed by atoms with Crippen LogP contribution in [-0.4, -0.2) is 85.1 Å². The average molecular weight is 397 g/mol. The highest BCUT2D eigenvalue weighted by atomic mass is 16.5. The fourth-order valence-corrected chi connectivity index (χ4v) is 5.22. The van der Waals surface area contributed by atoms with Crippen molar-refractivity contribution in [1.29, 1.82) is 0 Å². The molecule has 7 heteroatoms. The summed E-state index contributed by atoms with van der Waals surface area (Å²) in [6.45, 7) is 4.14. The first-order valence-corrected chi connectivity index (χ1v) is 10.3. The first-order chi connectivity index (χ1) is 14.0. The fraction of sp³-hybridized carbons (Fsp3) is 0.545. The highest BCUT2D eigenvalue weighted by molar-refractivity contribution is 5.93. The smallest absolute Gasteiger partial charge is 0.230 e. The van der Waals surface area contributed by atoms with Gasteiger partial charge in [0.2, 0.25) is 11.8 Å². The summed E-state index contributed by atoms with van der Waals surface area (Å²) in [4.78, 5) is 32.7. The molecule has 5 rings (SSSR count). The maximum Gasteiger partial charge on any atom is 0.230 e. The van der Waals surface area contributed by atoms with Crippen molar-refractivity contribution in [3.63, 3.8) is 0 Å². The molecule has 3 saturated heterocycles. The zero-order valence-corrected chi connectivity index (χ0v) is 16.9. The van der Waals surface area contributed by atoms with Crippen LogP contribution in [0, 0.1) is 11.8 Å². The number of piperazine rings is 1. The summed E-state index contributed by atoms with van der Waals surface area (Å²) < 4.78 is 11.6. The summed E-state index contributed by atoms with van der Waals surface area (Å²) in [6, 6.07) is 7.75. The molecule has 0 saturated carbocycles. The van der Waals surface area contributed by atoms with Gasteiger partial charge in [-0.25, -0.2) is 0 Å². The zero-order chi connectivity index (χ0) is 20.2. The van der Waals surface area contributed by atoms with Gasteiger partial charge in [0.1, 0.15) is 11.4 Å². The van der Waals surface area contributed by atoms with Gasteiger partial charge in [0.15, 0.2) is 0 Å². The number of amides is 2. The fourth-order valence-electron chi connectivity index (χ4n) is 5.22. The molecule has 1 aromatic carbocycles. The molecule has 4 aliphatic heterocycles. The second-order valence-electron chi connectivity index (χ2n) is 8.57. The van der Waals surface area contributed by atoms with Crippen LogP contribution in [0.5, 0.6) is 5.75 Å². The van der Waals surface area contributed by atoms with E-state index in [1.54, 1.807) is 7.11 Å². The molecule has 2 amide bonds. The number of methoxy groups -OCH3 is 1. The molecule has 4 aliphatic rings. The second-order valence-corrected chi connectivity index (χ2v) is 8.57. The van der Waals surface area contributed by atoms with E-state index >= 15 is 0 Å². The maximum atomic E-state index is 13.4. The van der Waals surface area contributed by atoms with E-state index in [0.29, 0.717) is 26.2 Å². The van der Waals surface area contributed by atoms with Crippen molar-refractivity contribution in [1.82, 2.24) is 14.7 Å². The van der Waals surface area contributed by atoms with Gasteiger partial charge in [0, 0.05) is 32.7 Å². The van der Waals surface area contributed by atoms with Gasteiger partial charge in [-0.1, -0.05) is 24.3 Å². The van der Waals surface area contributed by atoms with Gasteiger partial charge < -0.3 is 24.2 Å². The van der Waals surface area contributed by atoms with Gasteiger partial charge in [-0.2, -0.15) is 0 Å². The Labute approximate surface area is 170 Å². The number of fused-ring (bicyclic) bond motifs is 1. The van der Waals surface area contributed by atoms with Crippen LogP contribution in [0.4, 0.5) is 0 Å². The zero-order valence-electron chi connectivity index (χ0n) is 16.9. The molecule has 0 aromatic heterocycles. The molecule has 1 spiro atoms. The minimum Gasteiger partial charge on any atom is -0.497 e. The van der Waals surface area contributed by atoms with Crippen LogP contribution in [0.2, 0.25) is 0 Å². The standard InChI is InChI=1S/C22H27N3O4/c1-23-8-10-24(11-9-23)20(26)18-17-6-7-22(29-17)14-25(21(27)19(18)22)13-15-4-3-5-16(12-15)28-2/h3-7,12,17-19H,8-11,13-14H2,1-2H3/t17-,18-,19+,22-/m0/s1. The quantitative estimate of drug-likeness (QED) is 0.702. The Bertz CT molecular complexity index is 863. The lowest BCUT2D eigenvalue weighted by atomic mass is 9.76. The molecule has 4 atom stereocenters. The number of likely N-dealkylation sites (tertiary alicyclic amines) is 1. The minimum absolute atomic E-state index is 0.0205. The Morgan fingerprint density at radius 1 is 1.28 bits per heavy atom. The third-order valence-corrected chi connectivity index (χ3v) is 6.79. The Kier molecular flexibility index (Phi) is 4.40. The lowest BCUT2D eigenvalue weighted by molar-refractivity contribution is -0.144. The number of ether oxygens (including phenoxy) is 2. The monoisotopic (exact) mass is 397 g/mol. The Balaban J connectivity index is 1.36. The van der Waals surface area contributed by atoms with E-state index in [9.17, 15) is 9.59 Å². The van der Waals surface area contributed by atoms with E-state index in [-0.39, 0.29) is 17.9 Å². The van der Waals surface area contributed by atoms with Crippen molar-refractivity contribution in [2.24, 2.45) is 11.8 Å². The summed E-state index contributed by atoms with van der Waals surface area (Å²) >= 11 is 0. The molecular weight excluding hydrogens is 370 g/mol. The molecular formula is C22H27N3O4. The van der Waals surface area contributed by atoms with E-state index in [1.807, 2.05) is 46.2 Å². The second kappa shape index (κ2) is 6.85. The minimum atomic E-state index is -0.659. The van der Waals surface area contributed by atoms with Crippen molar-refractivity contribution < 1.29 is 19.1 Å². The first kappa shape index (κ1) is 18.6. The molecule has 2 bridgehead atoms. The third kappa shape index (κ3) is 2.95. The molecule has 0 radical (unpaired) electrons. The number of benzene rings is 1. The molecule has 154 valence electrons. The van der Waals surface area contributed by atoms with Crippen molar-refractivity contribution in [2.75, 3.05) is 46.9 Å². The van der Waals surface area contributed by atoms with Gasteiger partial charge in [-0.3, -0.25) is 9.59 Å². The van der Waals surface area contributed by atoms with Gasteiger partial charge in [0.25, 0.3) is 0 Å². The number of hydrogen-bond acceptors (Lipinski definition) is 5. The van der Waals surface area contributed by atoms with E-state index in [0.717, 1.165) is 24.4 Å². The molecule has 29 heavy (non-hydrogen) atoms. The number of carbonyl (C=O) groups excluding carboxylic acids is 2. The van der Waals surface area contributed by atoms with Gasteiger partial charge in [0.05, 0.1) is 31.6 Å². The first-order valence-electron chi connectivity index (χ1n) is 10.3. The van der Waals surface area contributed by atoms with Crippen molar-refractivity contribution in [2.45, 2.75) is 18.2 Å². The lowest BCUT2D eigenvalue weighted by Crippen LogP contribution is -2.52. The summed E-state index contributed by atoms with van der Waals surface area (Å²) in [7, 11) is 3.70. The van der Waals surface area contributed by atoms with Crippen LogP contribution in [-0.2, 0) is 20.9 Å². The predicted molar refractivity (Wildman–Crippen MR) is 106 cm³/mol. The summed E-state index contributed by atoms with van der Waals surface area (Å²) in [6.07, 6.45) is 3.71. The lowest BCUT2D eigenvalue weighted by Gasteiger charge is -2.35. The highest BCUT2D eigenvalue weighted by Crippen LogP contribution is 2.52. The van der Waals surface area contributed by atoms with Crippen LogP contribution in [0.25, 0.3) is 0 Å². The van der Waals surface area contributed by atoms with E-state index in [4.69, 9.17) is 9.47 Å². The number of likely N-dealkylation sites (N-methyl/N-ethyl adjacent to an activating group) is 1. The summed E-state index contributed by atoms with van der Waals surface area (Å²) in [5.74, 6) is 0.0252. The molecule has 0 aliphatic carbocycles. The Morgan fingerprint density at radius 3 is 2.83 bits per heavy atom. The summed E-state index contributed by atoms with van der Waals surface area (Å²) in [5, 5.41) is 0. The van der Waals surface area contributed by atoms with E-state index < -0.39 is 17.4 Å². The Hall–Kier alpha value is -2.38. The van der Waals surface area contributed by atoms with E-state index in [1.165, 1.54) is 0 Å². The number of rotatable bonds is 4. The Morgan fingerprint density at radius 2 is 2.07 bits per heavy atom. The number of nitrogens with zero attached hydrogens (tertiary/aromatic N) is 3. The third-order valence-electron chi connectivity index (χ3n) is 6.79. The number of carbonyl (C=O) groups is 2. The van der Waals surface area contributed by atoms with Crippen molar-refractivity contribution in [3.05, 3.63) is 42.0 Å². The molecule has 0 unspecified atom stereocenters. The summed E-state index contributed by atoms with van der Waals surface area (Å²) in [5.41, 5.74) is 0.350. The van der Waals surface area contributed by atoms with Crippen LogP contribution in [0.1, 0.15) is 5.56 Å². The average Bonchev–Trinajstić information content (AvgIpc) is 3.36. The predicted octanol–water partition coefficient (Wildman–Crippen LogP) is 0.751. The molecule has 3 fully saturated rings. The molecule has 7 nitrogen and oxygen atoms in total. The highest BCUT2D eigenvalue weighted by Gasteiger charge is 2.67. The normalized spacial score (nSPS) is 33.4. The molecule has 4 heterocycles. The van der Waals surface area contributed by atoms with Crippen molar-refractivity contribution >= 4 is 11.8 Å². The van der Waals surface area contributed by atoms with Crippen LogP contribution in [0.3, 0.4) is 0 Å². The van der Waals surface area contributed by atoms with Crippen LogP contribution >= 0.6 is 0 Å².